The van der Waals surface area contributed by atoms with Crippen LogP contribution in [0, 0.1) is 12.3 Å². The van der Waals surface area contributed by atoms with Gasteiger partial charge in [-0.05, 0) is 48.5 Å². The fraction of sp³-hybridized carbons (Fsp3) is 0.0741. The first kappa shape index (κ1) is 24.9. The molecule has 0 radical (unpaired) electrons. The second-order valence-electron chi connectivity index (χ2n) is 7.51. The molecule has 9 heteroatoms. The summed E-state index contributed by atoms with van der Waals surface area (Å²) < 4.78 is 11.2. The molecule has 3 aromatic rings. The highest BCUT2D eigenvalue weighted by molar-refractivity contribution is 6.39. The molecule has 1 aliphatic rings. The molecule has 0 aliphatic carbocycles. The van der Waals surface area contributed by atoms with Crippen LogP contribution in [0.5, 0.6) is 11.5 Å². The molecule has 3 aromatic carbocycles. The number of benzene rings is 3. The third-order valence-corrected chi connectivity index (χ3v) is 5.72. The van der Waals surface area contributed by atoms with E-state index < -0.39 is 17.8 Å². The van der Waals surface area contributed by atoms with Crippen molar-refractivity contribution in [2.75, 3.05) is 11.5 Å². The van der Waals surface area contributed by atoms with Gasteiger partial charge in [0.1, 0.15) is 30.3 Å². The van der Waals surface area contributed by atoms with E-state index in [4.69, 9.17) is 39.1 Å². The van der Waals surface area contributed by atoms with Gasteiger partial charge in [-0.1, -0.05) is 53.4 Å². The quantitative estimate of drug-likeness (QED) is 0.261. The topological polar surface area (TPSA) is 84.9 Å². The number of rotatable bonds is 7. The number of para-hydroxylation sites is 1. The maximum atomic E-state index is 13.2. The largest absolute Gasteiger partial charge is 0.489 e. The Morgan fingerprint density at radius 2 is 1.72 bits per heavy atom. The molecule has 0 aromatic heterocycles. The van der Waals surface area contributed by atoms with E-state index in [2.05, 4.69) is 11.2 Å². The van der Waals surface area contributed by atoms with E-state index >= 15 is 0 Å². The summed E-state index contributed by atoms with van der Waals surface area (Å²) in [6, 6.07) is 17.3. The molecule has 7 nitrogen and oxygen atoms in total. The second kappa shape index (κ2) is 11.0. The normalized spacial score (nSPS) is 14.4. The van der Waals surface area contributed by atoms with Gasteiger partial charge in [-0.2, -0.15) is 0 Å². The van der Waals surface area contributed by atoms with Crippen molar-refractivity contribution >= 4 is 52.8 Å². The summed E-state index contributed by atoms with van der Waals surface area (Å²) in [6.45, 7) is 0.213. The number of carbonyl (C=O) groups is 3. The average Bonchev–Trinajstić information content (AvgIpc) is 2.86. The Labute approximate surface area is 217 Å². The zero-order valence-electron chi connectivity index (χ0n) is 18.7. The van der Waals surface area contributed by atoms with Crippen LogP contribution in [0.4, 0.5) is 10.5 Å². The maximum absolute atomic E-state index is 13.2. The van der Waals surface area contributed by atoms with E-state index in [1.807, 2.05) is 0 Å². The average molecular weight is 521 g/mol. The van der Waals surface area contributed by atoms with Crippen molar-refractivity contribution in [1.29, 1.82) is 0 Å². The van der Waals surface area contributed by atoms with Gasteiger partial charge < -0.3 is 9.47 Å². The Hall–Kier alpha value is -4.25. The summed E-state index contributed by atoms with van der Waals surface area (Å²) in [6.07, 6.45) is 6.61. The number of nitrogens with zero attached hydrogens (tertiary/aromatic N) is 1. The smallest absolute Gasteiger partial charge is 0.335 e. The Morgan fingerprint density at radius 3 is 2.44 bits per heavy atom. The molecule has 1 aliphatic heterocycles. The van der Waals surface area contributed by atoms with Crippen LogP contribution >= 0.6 is 23.2 Å². The van der Waals surface area contributed by atoms with Crippen molar-refractivity contribution in [2.24, 2.45) is 0 Å². The van der Waals surface area contributed by atoms with Crippen LogP contribution in [0.25, 0.3) is 6.08 Å². The number of nitrogens with one attached hydrogen (secondary N) is 1. The Balaban J connectivity index is 1.54. The van der Waals surface area contributed by atoms with E-state index in [0.717, 1.165) is 10.5 Å². The third kappa shape index (κ3) is 5.52. The number of amides is 4. The van der Waals surface area contributed by atoms with Crippen molar-refractivity contribution in [3.05, 3.63) is 93.5 Å². The number of anilines is 1. The maximum Gasteiger partial charge on any atom is 0.335 e. The number of ether oxygens (including phenoxy) is 2. The second-order valence-corrected chi connectivity index (χ2v) is 8.35. The van der Waals surface area contributed by atoms with Gasteiger partial charge >= 0.3 is 6.03 Å². The van der Waals surface area contributed by atoms with Gasteiger partial charge in [0.15, 0.2) is 0 Å². The SMILES string of the molecule is C#CCOc1ccccc1/C=C1\C(=O)NC(=O)N(c2ccc(OCc3ccc(Cl)cc3Cl)cc2)C1=O. The molecule has 180 valence electrons. The van der Waals surface area contributed by atoms with Crippen LogP contribution in [0.2, 0.25) is 10.0 Å². The molecule has 0 atom stereocenters. The summed E-state index contributed by atoms with van der Waals surface area (Å²) >= 11 is 12.1. The summed E-state index contributed by atoms with van der Waals surface area (Å²) in [5.74, 6) is 1.65. The van der Waals surface area contributed by atoms with Crippen molar-refractivity contribution in [3.8, 4) is 23.8 Å². The van der Waals surface area contributed by atoms with E-state index in [0.29, 0.717) is 27.1 Å². The van der Waals surface area contributed by atoms with Crippen molar-refractivity contribution in [3.63, 3.8) is 0 Å². The summed E-state index contributed by atoms with van der Waals surface area (Å²) in [5, 5.41) is 3.19. The number of carbonyl (C=O) groups excluding carboxylic acids is 3. The molecule has 1 N–H and O–H groups in total. The van der Waals surface area contributed by atoms with Gasteiger partial charge in [0.2, 0.25) is 0 Å². The van der Waals surface area contributed by atoms with E-state index in [-0.39, 0.29) is 24.5 Å². The lowest BCUT2D eigenvalue weighted by atomic mass is 10.1. The monoisotopic (exact) mass is 520 g/mol. The lowest BCUT2D eigenvalue weighted by molar-refractivity contribution is -0.122. The molecule has 0 unspecified atom stereocenters. The number of barbiturate groups is 1. The number of urea groups is 1. The first-order valence-electron chi connectivity index (χ1n) is 10.6. The minimum Gasteiger partial charge on any atom is -0.489 e. The van der Waals surface area contributed by atoms with Crippen LogP contribution in [0.1, 0.15) is 11.1 Å². The van der Waals surface area contributed by atoms with Crippen LogP contribution in [-0.2, 0) is 16.2 Å². The first-order chi connectivity index (χ1) is 17.4. The predicted octanol–water partition coefficient (Wildman–Crippen LogP) is 5.25. The molecule has 36 heavy (non-hydrogen) atoms. The summed E-state index contributed by atoms with van der Waals surface area (Å²) in [7, 11) is 0. The molecule has 1 heterocycles. The number of halogens is 2. The van der Waals surface area contributed by atoms with E-state index in [1.54, 1.807) is 54.6 Å². The molecule has 0 spiro atoms. The van der Waals surface area contributed by atoms with Crippen molar-refractivity contribution in [2.45, 2.75) is 6.61 Å². The Kier molecular flexibility index (Phi) is 7.59. The number of imide groups is 2. The fourth-order valence-electron chi connectivity index (χ4n) is 3.39. The Bertz CT molecular complexity index is 1410. The van der Waals surface area contributed by atoms with Gasteiger partial charge in [0.05, 0.1) is 5.69 Å². The van der Waals surface area contributed by atoms with Crippen LogP contribution < -0.4 is 19.7 Å². The zero-order chi connectivity index (χ0) is 25.7. The molecular weight excluding hydrogens is 503 g/mol. The third-order valence-electron chi connectivity index (χ3n) is 5.14. The minimum absolute atomic E-state index is 0.0174. The van der Waals surface area contributed by atoms with E-state index in [9.17, 15) is 14.4 Å². The van der Waals surface area contributed by atoms with Gasteiger partial charge in [-0.15, -0.1) is 6.42 Å². The lowest BCUT2D eigenvalue weighted by Gasteiger charge is -2.26. The zero-order valence-corrected chi connectivity index (χ0v) is 20.2. The fourth-order valence-corrected chi connectivity index (χ4v) is 3.85. The molecule has 4 rings (SSSR count). The molecule has 1 fully saturated rings. The highest BCUT2D eigenvalue weighted by Crippen LogP contribution is 2.28. The van der Waals surface area contributed by atoms with Crippen molar-refractivity contribution < 1.29 is 23.9 Å². The highest BCUT2D eigenvalue weighted by Gasteiger charge is 2.37. The van der Waals surface area contributed by atoms with Crippen molar-refractivity contribution in [1.82, 2.24) is 5.32 Å². The molecular formula is C27H18Cl2N2O5. The molecule has 4 amide bonds. The van der Waals surface area contributed by atoms with Crippen LogP contribution in [0.15, 0.2) is 72.3 Å². The van der Waals surface area contributed by atoms with Gasteiger partial charge in [0.25, 0.3) is 11.8 Å². The highest BCUT2D eigenvalue weighted by atomic mass is 35.5. The van der Waals surface area contributed by atoms with E-state index in [1.165, 1.54) is 18.2 Å². The Morgan fingerprint density at radius 1 is 0.972 bits per heavy atom. The number of hydrogen-bond donors (Lipinski definition) is 1. The first-order valence-corrected chi connectivity index (χ1v) is 11.4. The van der Waals surface area contributed by atoms with Crippen LogP contribution in [-0.4, -0.2) is 24.5 Å². The molecule has 1 saturated heterocycles. The summed E-state index contributed by atoms with van der Waals surface area (Å²) in [4.78, 5) is 39.1. The number of hydrogen-bond acceptors (Lipinski definition) is 5. The lowest BCUT2D eigenvalue weighted by Crippen LogP contribution is -2.54. The van der Waals surface area contributed by atoms with Crippen LogP contribution in [0.3, 0.4) is 0 Å². The number of terminal acetylenes is 1. The summed E-state index contributed by atoms with van der Waals surface area (Å²) in [5.41, 5.74) is 1.23. The standard InChI is InChI=1S/C27H18Cl2N2O5/c1-2-13-35-24-6-4-3-5-17(24)14-22-25(32)30-27(34)31(26(22)33)20-9-11-21(12-10-20)36-16-18-7-8-19(28)15-23(18)29/h1,3-12,14-15H,13,16H2,(H,30,32,34)/b22-14+. The minimum atomic E-state index is -0.861. The molecule has 0 bridgehead atoms. The van der Waals surface area contributed by atoms with Gasteiger partial charge in [-0.3, -0.25) is 14.9 Å². The van der Waals surface area contributed by atoms with Gasteiger partial charge in [-0.25, -0.2) is 9.69 Å². The van der Waals surface area contributed by atoms with Gasteiger partial charge in [0, 0.05) is 21.2 Å². The predicted molar refractivity (Wildman–Crippen MR) is 137 cm³/mol. The molecule has 0 saturated carbocycles.